The highest BCUT2D eigenvalue weighted by atomic mass is 16.3. The Morgan fingerprint density at radius 3 is 2.72 bits per heavy atom. The molecule has 2 fully saturated rings. The molecular weight excluding hydrogens is 224 g/mol. The van der Waals surface area contributed by atoms with E-state index in [-0.39, 0.29) is 12.1 Å². The predicted molar refractivity (Wildman–Crippen MR) is 75.7 cm³/mol. The van der Waals surface area contributed by atoms with E-state index in [1.807, 2.05) is 0 Å². The van der Waals surface area contributed by atoms with Crippen molar-refractivity contribution in [2.24, 2.45) is 5.92 Å². The normalized spacial score (nSPS) is 42.3. The van der Waals surface area contributed by atoms with Gasteiger partial charge in [0.05, 0.1) is 6.61 Å². The second-order valence-electron chi connectivity index (χ2n) is 6.59. The van der Waals surface area contributed by atoms with E-state index in [9.17, 15) is 5.11 Å². The van der Waals surface area contributed by atoms with Gasteiger partial charge in [-0.2, -0.15) is 0 Å². The maximum absolute atomic E-state index is 9.70. The van der Waals surface area contributed by atoms with Crippen molar-refractivity contribution in [3.8, 4) is 0 Å². The maximum Gasteiger partial charge on any atom is 0.0613 e. The number of hydrogen-bond acceptors (Lipinski definition) is 3. The third-order valence-corrected chi connectivity index (χ3v) is 5.07. The summed E-state index contributed by atoms with van der Waals surface area (Å²) in [7, 11) is 0. The van der Waals surface area contributed by atoms with Crippen molar-refractivity contribution in [1.29, 1.82) is 0 Å². The second kappa shape index (κ2) is 5.89. The first-order chi connectivity index (χ1) is 8.60. The van der Waals surface area contributed by atoms with Gasteiger partial charge in [-0.15, -0.1) is 0 Å². The van der Waals surface area contributed by atoms with Crippen molar-refractivity contribution >= 4 is 0 Å². The zero-order valence-corrected chi connectivity index (χ0v) is 12.3. The largest absolute Gasteiger partial charge is 0.394 e. The van der Waals surface area contributed by atoms with Gasteiger partial charge in [0.1, 0.15) is 0 Å². The van der Waals surface area contributed by atoms with E-state index < -0.39 is 0 Å². The van der Waals surface area contributed by atoms with Crippen LogP contribution in [-0.2, 0) is 0 Å². The molecule has 4 unspecified atom stereocenters. The molecule has 0 radical (unpaired) electrons. The molecule has 0 bridgehead atoms. The number of nitrogens with one attached hydrogen (secondary N) is 1. The third-order valence-electron chi connectivity index (χ3n) is 5.07. The summed E-state index contributed by atoms with van der Waals surface area (Å²) < 4.78 is 0. The molecule has 0 aromatic carbocycles. The van der Waals surface area contributed by atoms with Crippen LogP contribution in [0.4, 0.5) is 0 Å². The SMILES string of the molecule is CCNC1(CO)CCC(N2CC(C)CCC2C)C1. The maximum atomic E-state index is 9.70. The zero-order valence-electron chi connectivity index (χ0n) is 12.3. The van der Waals surface area contributed by atoms with Crippen molar-refractivity contribution < 1.29 is 5.11 Å². The molecule has 0 spiro atoms. The molecule has 18 heavy (non-hydrogen) atoms. The second-order valence-corrected chi connectivity index (χ2v) is 6.59. The van der Waals surface area contributed by atoms with Crippen LogP contribution in [0.25, 0.3) is 0 Å². The Morgan fingerprint density at radius 1 is 1.28 bits per heavy atom. The van der Waals surface area contributed by atoms with Gasteiger partial charge in [0, 0.05) is 24.2 Å². The number of aliphatic hydroxyl groups excluding tert-OH is 1. The van der Waals surface area contributed by atoms with Crippen LogP contribution in [0.15, 0.2) is 0 Å². The smallest absolute Gasteiger partial charge is 0.0613 e. The quantitative estimate of drug-likeness (QED) is 0.805. The Morgan fingerprint density at radius 2 is 2.06 bits per heavy atom. The van der Waals surface area contributed by atoms with Gasteiger partial charge in [-0.1, -0.05) is 13.8 Å². The summed E-state index contributed by atoms with van der Waals surface area (Å²) in [6, 6.07) is 1.40. The van der Waals surface area contributed by atoms with Crippen LogP contribution in [0.2, 0.25) is 0 Å². The van der Waals surface area contributed by atoms with Crippen molar-refractivity contribution in [2.45, 2.75) is 70.5 Å². The minimum atomic E-state index is -0.000177. The monoisotopic (exact) mass is 254 g/mol. The van der Waals surface area contributed by atoms with Crippen LogP contribution < -0.4 is 5.32 Å². The molecule has 0 aromatic rings. The zero-order chi connectivity index (χ0) is 13.2. The lowest BCUT2D eigenvalue weighted by Crippen LogP contribution is -2.50. The van der Waals surface area contributed by atoms with Crippen LogP contribution in [0.3, 0.4) is 0 Å². The van der Waals surface area contributed by atoms with Gasteiger partial charge in [-0.3, -0.25) is 4.90 Å². The number of aliphatic hydroxyl groups is 1. The highest BCUT2D eigenvalue weighted by molar-refractivity contribution is 5.00. The summed E-state index contributed by atoms with van der Waals surface area (Å²) in [6.45, 7) is 9.37. The molecule has 2 rings (SSSR count). The Hall–Kier alpha value is -0.120. The molecular formula is C15H30N2O. The number of rotatable bonds is 4. The summed E-state index contributed by atoms with van der Waals surface area (Å²) in [5, 5.41) is 13.2. The van der Waals surface area contributed by atoms with E-state index in [2.05, 4.69) is 31.0 Å². The van der Waals surface area contributed by atoms with Gasteiger partial charge < -0.3 is 10.4 Å². The fourth-order valence-electron chi connectivity index (χ4n) is 3.95. The molecule has 1 saturated heterocycles. The van der Waals surface area contributed by atoms with E-state index in [4.69, 9.17) is 0 Å². The molecule has 4 atom stereocenters. The summed E-state index contributed by atoms with van der Waals surface area (Å²) >= 11 is 0. The topological polar surface area (TPSA) is 35.5 Å². The average molecular weight is 254 g/mol. The highest BCUT2D eigenvalue weighted by Gasteiger charge is 2.42. The first-order valence-electron chi connectivity index (χ1n) is 7.72. The van der Waals surface area contributed by atoms with Gasteiger partial charge in [0.15, 0.2) is 0 Å². The first-order valence-corrected chi connectivity index (χ1v) is 7.72. The van der Waals surface area contributed by atoms with Gasteiger partial charge in [-0.25, -0.2) is 0 Å². The number of nitrogens with zero attached hydrogens (tertiary/aromatic N) is 1. The molecule has 1 aliphatic heterocycles. The van der Waals surface area contributed by atoms with Gasteiger partial charge in [-0.05, 0) is 51.5 Å². The van der Waals surface area contributed by atoms with Crippen LogP contribution in [0.1, 0.15) is 52.9 Å². The molecule has 0 amide bonds. The standard InChI is InChI=1S/C15H30N2O/c1-4-16-15(11-18)8-7-14(9-15)17-10-12(2)5-6-13(17)3/h12-14,16,18H,4-11H2,1-3H3. The Labute approximate surface area is 112 Å². The molecule has 1 heterocycles. The Bertz CT molecular complexity index is 271. The molecule has 3 nitrogen and oxygen atoms in total. The van der Waals surface area contributed by atoms with E-state index in [1.165, 1.54) is 25.8 Å². The lowest BCUT2D eigenvalue weighted by atomic mass is 9.92. The van der Waals surface area contributed by atoms with Crippen LogP contribution in [0, 0.1) is 5.92 Å². The number of likely N-dealkylation sites (N-methyl/N-ethyl adjacent to an activating group) is 1. The summed E-state index contributed by atoms with van der Waals surface area (Å²) in [5.74, 6) is 0.837. The lowest BCUT2D eigenvalue weighted by molar-refractivity contribution is 0.0701. The summed E-state index contributed by atoms with van der Waals surface area (Å²) in [6.07, 6.45) is 6.20. The fourth-order valence-corrected chi connectivity index (χ4v) is 3.95. The minimum absolute atomic E-state index is 0.000177. The average Bonchev–Trinajstić information content (AvgIpc) is 2.78. The van der Waals surface area contributed by atoms with Crippen molar-refractivity contribution in [2.75, 3.05) is 19.7 Å². The molecule has 2 N–H and O–H groups in total. The van der Waals surface area contributed by atoms with Crippen LogP contribution >= 0.6 is 0 Å². The number of piperidine rings is 1. The summed E-state index contributed by atoms with van der Waals surface area (Å²) in [5.41, 5.74) is -0.000177. The fraction of sp³-hybridized carbons (Fsp3) is 1.00. The summed E-state index contributed by atoms with van der Waals surface area (Å²) in [4.78, 5) is 2.71. The lowest BCUT2D eigenvalue weighted by Gasteiger charge is -2.41. The van der Waals surface area contributed by atoms with Crippen molar-refractivity contribution in [1.82, 2.24) is 10.2 Å². The molecule has 3 heteroatoms. The third kappa shape index (κ3) is 2.89. The Kier molecular flexibility index (Phi) is 4.68. The van der Waals surface area contributed by atoms with E-state index >= 15 is 0 Å². The molecule has 1 aliphatic carbocycles. The van der Waals surface area contributed by atoms with E-state index in [0.717, 1.165) is 31.3 Å². The Balaban J connectivity index is 1.98. The molecule has 2 aliphatic rings. The van der Waals surface area contributed by atoms with Crippen molar-refractivity contribution in [3.63, 3.8) is 0 Å². The molecule has 0 aromatic heterocycles. The van der Waals surface area contributed by atoms with Crippen molar-refractivity contribution in [3.05, 3.63) is 0 Å². The van der Waals surface area contributed by atoms with Gasteiger partial charge >= 0.3 is 0 Å². The van der Waals surface area contributed by atoms with E-state index in [1.54, 1.807) is 0 Å². The molecule has 1 saturated carbocycles. The van der Waals surface area contributed by atoms with Crippen LogP contribution in [0.5, 0.6) is 0 Å². The first kappa shape index (κ1) is 14.3. The number of likely N-dealkylation sites (tertiary alicyclic amines) is 1. The van der Waals surface area contributed by atoms with Gasteiger partial charge in [0.2, 0.25) is 0 Å². The predicted octanol–water partition coefficient (Wildman–Crippen LogP) is 2.00. The minimum Gasteiger partial charge on any atom is -0.394 e. The highest BCUT2D eigenvalue weighted by Crippen LogP contribution is 2.36. The van der Waals surface area contributed by atoms with E-state index in [0.29, 0.717) is 6.04 Å². The van der Waals surface area contributed by atoms with Gasteiger partial charge in [0.25, 0.3) is 0 Å². The number of hydrogen-bond donors (Lipinski definition) is 2. The molecule has 106 valence electrons. The van der Waals surface area contributed by atoms with Crippen LogP contribution in [-0.4, -0.2) is 47.3 Å².